The van der Waals surface area contributed by atoms with E-state index >= 15 is 0 Å². The Balaban J connectivity index is 1.75. The Labute approximate surface area is 119 Å². The van der Waals surface area contributed by atoms with Crippen LogP contribution < -0.4 is 0 Å². The molecule has 0 saturated carbocycles. The third-order valence-corrected chi connectivity index (χ3v) is 3.81. The topological polar surface area (TPSA) is 15.6 Å². The van der Waals surface area contributed by atoms with Gasteiger partial charge in [0, 0.05) is 25.0 Å². The van der Waals surface area contributed by atoms with E-state index in [-0.39, 0.29) is 5.83 Å². The van der Waals surface area contributed by atoms with Crippen molar-refractivity contribution in [2.45, 2.75) is 32.7 Å². The minimum absolute atomic E-state index is 0.00379. The maximum Gasteiger partial charge on any atom is 0.109 e. The maximum atomic E-state index is 14.0. The van der Waals surface area contributed by atoms with Crippen LogP contribution in [0.2, 0.25) is 0 Å². The highest BCUT2D eigenvalue weighted by atomic mass is 19.1. The van der Waals surface area contributed by atoms with Crippen LogP contribution in [0.4, 0.5) is 4.39 Å². The van der Waals surface area contributed by atoms with Gasteiger partial charge >= 0.3 is 0 Å². The molecule has 0 amide bonds. The van der Waals surface area contributed by atoms with Gasteiger partial charge < -0.3 is 0 Å². The van der Waals surface area contributed by atoms with E-state index in [2.05, 4.69) is 24.2 Å². The summed E-state index contributed by atoms with van der Waals surface area (Å²) < 4.78 is 14.0. The molecule has 1 aromatic rings. The highest BCUT2D eigenvalue weighted by molar-refractivity contribution is 6.04. The minimum atomic E-state index is -0.00379. The summed E-state index contributed by atoms with van der Waals surface area (Å²) in [6.07, 6.45) is 4.15. The van der Waals surface area contributed by atoms with Crippen LogP contribution in [0.15, 0.2) is 58.5 Å². The summed E-state index contributed by atoms with van der Waals surface area (Å²) in [6, 6.07) is 10.3. The van der Waals surface area contributed by atoms with E-state index in [1.807, 2.05) is 29.3 Å². The maximum absolute atomic E-state index is 14.0. The lowest BCUT2D eigenvalue weighted by Crippen LogP contribution is -2.12. The van der Waals surface area contributed by atoms with Crippen LogP contribution in [0.3, 0.4) is 0 Å². The van der Waals surface area contributed by atoms with Crippen molar-refractivity contribution in [3.63, 3.8) is 0 Å². The third kappa shape index (κ3) is 2.82. The molecule has 0 bridgehead atoms. The Bertz CT molecular complexity index is 584. The summed E-state index contributed by atoms with van der Waals surface area (Å²) in [7, 11) is 0. The molecule has 3 rings (SSSR count). The first-order valence-electron chi connectivity index (χ1n) is 7.15. The average Bonchev–Trinajstić information content (AvgIpc) is 2.91. The molecule has 0 aromatic heterocycles. The second-order valence-electron chi connectivity index (χ2n) is 5.48. The van der Waals surface area contributed by atoms with Gasteiger partial charge in [-0.25, -0.2) is 4.39 Å². The quantitative estimate of drug-likeness (QED) is 0.803. The van der Waals surface area contributed by atoms with Crippen LogP contribution in [0.1, 0.15) is 31.7 Å². The molecule has 1 aromatic carbocycles. The van der Waals surface area contributed by atoms with E-state index in [0.29, 0.717) is 6.42 Å². The van der Waals surface area contributed by atoms with Gasteiger partial charge in [0.1, 0.15) is 5.83 Å². The van der Waals surface area contributed by atoms with E-state index in [9.17, 15) is 4.39 Å². The monoisotopic (exact) mass is 270 g/mol. The lowest BCUT2D eigenvalue weighted by Gasteiger charge is -2.14. The normalized spacial score (nSPS) is 19.2. The smallest absolute Gasteiger partial charge is 0.109 e. The van der Waals surface area contributed by atoms with Gasteiger partial charge in [-0.15, -0.1) is 0 Å². The fraction of sp³-hybridized carbons (Fsp3) is 0.353. The van der Waals surface area contributed by atoms with Gasteiger partial charge in [0.2, 0.25) is 0 Å². The second-order valence-corrected chi connectivity index (χ2v) is 5.48. The largest absolute Gasteiger partial charge is 0.292 e. The predicted molar refractivity (Wildman–Crippen MR) is 80.0 cm³/mol. The highest BCUT2D eigenvalue weighted by Gasteiger charge is 2.21. The van der Waals surface area contributed by atoms with E-state index in [0.717, 1.165) is 37.2 Å². The van der Waals surface area contributed by atoms with Crippen molar-refractivity contribution in [1.82, 2.24) is 5.01 Å². The Morgan fingerprint density at radius 1 is 1.15 bits per heavy atom. The number of nitrogens with zero attached hydrogens (tertiary/aromatic N) is 2. The highest BCUT2D eigenvalue weighted by Crippen LogP contribution is 2.28. The number of halogens is 1. The van der Waals surface area contributed by atoms with Crippen LogP contribution in [0.5, 0.6) is 0 Å². The standard InChI is InChI=1S/C17H19FN2/c1-13-7-8-16(18)15(11-13)17-9-10-20(19-17)12-14-5-3-2-4-6-14/h2-6,11H,7-10,12H2,1H3. The van der Waals surface area contributed by atoms with Crippen LogP contribution in [0.25, 0.3) is 0 Å². The van der Waals surface area contributed by atoms with Gasteiger partial charge in [0.05, 0.1) is 12.3 Å². The molecule has 1 aliphatic heterocycles. The molecule has 104 valence electrons. The van der Waals surface area contributed by atoms with Crippen molar-refractivity contribution in [2.24, 2.45) is 5.10 Å². The summed E-state index contributed by atoms with van der Waals surface area (Å²) in [6.45, 7) is 3.72. The Morgan fingerprint density at radius 3 is 2.75 bits per heavy atom. The fourth-order valence-corrected chi connectivity index (χ4v) is 2.68. The zero-order chi connectivity index (χ0) is 13.9. The SMILES string of the molecule is CC1=CC(C2=NN(Cc3ccccc3)CC2)=C(F)CC1. The summed E-state index contributed by atoms with van der Waals surface area (Å²) in [5, 5.41) is 6.63. The molecule has 2 nitrogen and oxygen atoms in total. The van der Waals surface area contributed by atoms with Crippen molar-refractivity contribution in [1.29, 1.82) is 0 Å². The number of hydrogen-bond donors (Lipinski definition) is 0. The molecule has 0 saturated heterocycles. The summed E-state index contributed by atoms with van der Waals surface area (Å²) in [5.41, 5.74) is 4.11. The predicted octanol–water partition coefficient (Wildman–Crippen LogP) is 4.21. The molecule has 3 heteroatoms. The van der Waals surface area contributed by atoms with Crippen LogP contribution in [0, 0.1) is 0 Å². The summed E-state index contributed by atoms with van der Waals surface area (Å²) in [5.74, 6) is -0.00379. The summed E-state index contributed by atoms with van der Waals surface area (Å²) in [4.78, 5) is 0. The van der Waals surface area contributed by atoms with Crippen LogP contribution >= 0.6 is 0 Å². The van der Waals surface area contributed by atoms with Crippen molar-refractivity contribution < 1.29 is 4.39 Å². The Hall–Kier alpha value is -1.90. The molecule has 0 N–H and O–H groups in total. The molecule has 1 aliphatic carbocycles. The van der Waals surface area contributed by atoms with Crippen molar-refractivity contribution >= 4 is 5.71 Å². The van der Waals surface area contributed by atoms with Crippen molar-refractivity contribution in [2.75, 3.05) is 6.54 Å². The first-order chi connectivity index (χ1) is 9.72. The lowest BCUT2D eigenvalue weighted by atomic mass is 9.95. The number of benzene rings is 1. The molecule has 0 unspecified atom stereocenters. The molecule has 0 spiro atoms. The summed E-state index contributed by atoms with van der Waals surface area (Å²) >= 11 is 0. The van der Waals surface area contributed by atoms with E-state index in [1.54, 1.807) is 0 Å². The van der Waals surface area contributed by atoms with Crippen LogP contribution in [-0.2, 0) is 6.54 Å². The third-order valence-electron chi connectivity index (χ3n) is 3.81. The van der Waals surface area contributed by atoms with Gasteiger partial charge in [0.25, 0.3) is 0 Å². The molecule has 20 heavy (non-hydrogen) atoms. The lowest BCUT2D eigenvalue weighted by molar-refractivity contribution is 0.310. The Kier molecular flexibility index (Phi) is 3.68. The average molecular weight is 270 g/mol. The van der Waals surface area contributed by atoms with Crippen molar-refractivity contribution in [3.05, 3.63) is 58.9 Å². The van der Waals surface area contributed by atoms with Gasteiger partial charge in [-0.3, -0.25) is 5.01 Å². The second kappa shape index (κ2) is 5.61. The van der Waals surface area contributed by atoms with Gasteiger partial charge in [0.15, 0.2) is 0 Å². The number of rotatable bonds is 3. The minimum Gasteiger partial charge on any atom is -0.292 e. The number of hydrazone groups is 1. The van der Waals surface area contributed by atoms with Gasteiger partial charge in [-0.05, 0) is 18.9 Å². The Morgan fingerprint density at radius 2 is 1.95 bits per heavy atom. The molecule has 0 atom stereocenters. The zero-order valence-electron chi connectivity index (χ0n) is 11.8. The fourth-order valence-electron chi connectivity index (χ4n) is 2.68. The van der Waals surface area contributed by atoms with E-state index in [4.69, 9.17) is 0 Å². The zero-order valence-corrected chi connectivity index (χ0v) is 11.8. The van der Waals surface area contributed by atoms with Crippen molar-refractivity contribution in [3.8, 4) is 0 Å². The van der Waals surface area contributed by atoms with Gasteiger partial charge in [-0.2, -0.15) is 5.10 Å². The molecular formula is C17H19FN2. The van der Waals surface area contributed by atoms with E-state index in [1.165, 1.54) is 11.1 Å². The first kappa shape index (κ1) is 13.1. The molecule has 1 heterocycles. The first-order valence-corrected chi connectivity index (χ1v) is 7.15. The van der Waals surface area contributed by atoms with E-state index < -0.39 is 0 Å². The molecule has 0 fully saturated rings. The van der Waals surface area contributed by atoms with Gasteiger partial charge in [-0.1, -0.05) is 42.0 Å². The van der Waals surface area contributed by atoms with Crippen LogP contribution in [-0.4, -0.2) is 17.3 Å². The number of allylic oxidation sites excluding steroid dienone is 4. The number of hydrogen-bond acceptors (Lipinski definition) is 2. The molecule has 0 radical (unpaired) electrons. The molecule has 2 aliphatic rings. The molecular weight excluding hydrogens is 251 g/mol.